The van der Waals surface area contributed by atoms with Crippen molar-refractivity contribution in [3.05, 3.63) is 41.0 Å². The van der Waals surface area contributed by atoms with Crippen molar-refractivity contribution >= 4 is 43.1 Å². The third-order valence-corrected chi connectivity index (χ3v) is 6.86. The van der Waals surface area contributed by atoms with Crippen LogP contribution in [0.2, 0.25) is 0 Å². The van der Waals surface area contributed by atoms with Crippen LogP contribution in [0.15, 0.2) is 18.2 Å². The molecular formula is C23H18F5N5O2S. The Morgan fingerprint density at radius 1 is 1.28 bits per heavy atom. The monoisotopic (exact) mass is 523 g/mol. The van der Waals surface area contributed by atoms with Crippen molar-refractivity contribution in [1.82, 2.24) is 9.97 Å². The minimum atomic E-state index is -5.06. The summed E-state index contributed by atoms with van der Waals surface area (Å²) in [5, 5.41) is 18.5. The molecule has 0 bridgehead atoms. The normalized spacial score (nSPS) is 12.7. The van der Waals surface area contributed by atoms with Gasteiger partial charge in [-0.1, -0.05) is 6.07 Å². The number of ether oxygens (including phenoxy) is 1. The molecule has 0 aliphatic carbocycles. The second-order valence-electron chi connectivity index (χ2n) is 7.94. The number of benzene rings is 2. The Morgan fingerprint density at radius 3 is 2.56 bits per heavy atom. The summed E-state index contributed by atoms with van der Waals surface area (Å²) in [5.41, 5.74) is 2.41. The quantitative estimate of drug-likeness (QED) is 0.351. The Morgan fingerprint density at radius 2 is 1.97 bits per heavy atom. The lowest BCUT2D eigenvalue weighted by Crippen LogP contribution is -2.33. The van der Waals surface area contributed by atoms with Crippen molar-refractivity contribution < 1.29 is 31.8 Å². The number of hydrogen-bond acceptors (Lipinski definition) is 8. The van der Waals surface area contributed by atoms with Gasteiger partial charge in [0.1, 0.15) is 28.2 Å². The Balaban J connectivity index is 2.21. The lowest BCUT2D eigenvalue weighted by Gasteiger charge is -2.26. The highest BCUT2D eigenvalue weighted by molar-refractivity contribution is 7.23. The molecule has 1 unspecified atom stereocenters. The van der Waals surface area contributed by atoms with Crippen molar-refractivity contribution in [1.29, 1.82) is 5.26 Å². The largest absolute Gasteiger partial charge is 0.467 e. The summed E-state index contributed by atoms with van der Waals surface area (Å²) in [5.74, 6) is -2.28. The van der Waals surface area contributed by atoms with Gasteiger partial charge in [-0.15, -0.1) is 11.3 Å². The number of likely N-dealkylation sites (N-methyl/N-ethyl adjacent to an activating group) is 1. The van der Waals surface area contributed by atoms with Gasteiger partial charge in [-0.05, 0) is 24.6 Å². The van der Waals surface area contributed by atoms with Gasteiger partial charge in [0.05, 0.1) is 35.6 Å². The van der Waals surface area contributed by atoms with Crippen LogP contribution in [0.5, 0.6) is 6.01 Å². The van der Waals surface area contributed by atoms with Crippen molar-refractivity contribution in [2.45, 2.75) is 19.1 Å². The summed E-state index contributed by atoms with van der Waals surface area (Å²) in [7, 11) is 2.68. The maximum atomic E-state index is 16.1. The first-order chi connectivity index (χ1) is 16.9. The molecule has 0 aliphatic heterocycles. The topological polar surface area (TPSA) is 108 Å². The van der Waals surface area contributed by atoms with E-state index in [-0.39, 0.29) is 50.0 Å². The molecule has 4 aromatic rings. The van der Waals surface area contributed by atoms with E-state index in [4.69, 9.17) is 10.5 Å². The van der Waals surface area contributed by atoms with E-state index in [1.807, 2.05) is 0 Å². The van der Waals surface area contributed by atoms with E-state index in [1.165, 1.54) is 19.1 Å². The van der Waals surface area contributed by atoms with Gasteiger partial charge in [0, 0.05) is 23.4 Å². The van der Waals surface area contributed by atoms with Crippen molar-refractivity contribution in [2.24, 2.45) is 0 Å². The van der Waals surface area contributed by atoms with Gasteiger partial charge < -0.3 is 20.5 Å². The molecular weight excluding hydrogens is 505 g/mol. The fourth-order valence-corrected chi connectivity index (χ4v) is 4.83. The van der Waals surface area contributed by atoms with Gasteiger partial charge in [-0.3, -0.25) is 0 Å². The molecule has 0 saturated heterocycles. The van der Waals surface area contributed by atoms with E-state index in [0.717, 1.165) is 12.1 Å². The highest BCUT2D eigenvalue weighted by Crippen LogP contribution is 2.47. The first kappa shape index (κ1) is 25.3. The van der Waals surface area contributed by atoms with Gasteiger partial charge in [0.15, 0.2) is 5.82 Å². The molecule has 2 heterocycles. The maximum Gasteiger partial charge on any atom is 0.417 e. The predicted octanol–water partition coefficient (Wildman–Crippen LogP) is 5.09. The number of halogens is 5. The summed E-state index contributed by atoms with van der Waals surface area (Å²) in [6, 6.07) is 3.42. The molecule has 36 heavy (non-hydrogen) atoms. The van der Waals surface area contributed by atoms with Crippen LogP contribution in [0, 0.1) is 23.0 Å². The average Bonchev–Trinajstić information content (AvgIpc) is 3.19. The number of aliphatic hydroxyl groups is 1. The smallest absolute Gasteiger partial charge is 0.417 e. The summed E-state index contributed by atoms with van der Waals surface area (Å²) < 4.78 is 78.6. The zero-order valence-electron chi connectivity index (χ0n) is 19.0. The molecule has 7 nitrogen and oxygen atoms in total. The summed E-state index contributed by atoms with van der Waals surface area (Å²) >= 11 is 0.680. The number of methoxy groups -OCH3 is 1. The van der Waals surface area contributed by atoms with E-state index < -0.39 is 40.5 Å². The molecule has 2 aromatic heterocycles. The molecule has 0 fully saturated rings. The van der Waals surface area contributed by atoms with E-state index in [9.17, 15) is 27.9 Å². The van der Waals surface area contributed by atoms with Crippen LogP contribution in [0.1, 0.15) is 18.1 Å². The number of nitriles is 1. The first-order valence-electron chi connectivity index (χ1n) is 10.3. The molecule has 0 radical (unpaired) electrons. The minimum Gasteiger partial charge on any atom is -0.467 e. The highest BCUT2D eigenvalue weighted by Gasteiger charge is 2.38. The van der Waals surface area contributed by atoms with Crippen LogP contribution >= 0.6 is 11.3 Å². The standard InChI is InChI=1S/C23H18F5N5O2S/c1-9(8-34)33(2)21-11-6-13(23(26,27)28)16(17(25)18(11)31-22(32-21)35-3)10-4-5-14(24)19-15(10)12(7-29)20(30)36-19/h4-6,9,34H,8,30H2,1-3H3. The van der Waals surface area contributed by atoms with Crippen LogP contribution in [0.4, 0.5) is 32.8 Å². The number of nitrogens with zero attached hydrogens (tertiary/aromatic N) is 4. The maximum absolute atomic E-state index is 16.1. The van der Waals surface area contributed by atoms with Gasteiger partial charge in [0.2, 0.25) is 0 Å². The average molecular weight is 523 g/mol. The number of hydrogen-bond donors (Lipinski definition) is 2. The molecule has 3 N–H and O–H groups in total. The number of aliphatic hydroxyl groups excluding tert-OH is 1. The molecule has 0 saturated carbocycles. The van der Waals surface area contributed by atoms with E-state index in [2.05, 4.69) is 9.97 Å². The Labute approximate surface area is 205 Å². The first-order valence-corrected chi connectivity index (χ1v) is 11.2. The molecule has 0 amide bonds. The minimum absolute atomic E-state index is 0.101. The van der Waals surface area contributed by atoms with Gasteiger partial charge in [-0.2, -0.15) is 28.4 Å². The molecule has 4 rings (SSSR count). The number of anilines is 2. The zero-order chi connectivity index (χ0) is 26.5. The molecule has 1 atom stereocenters. The molecule has 188 valence electrons. The van der Waals surface area contributed by atoms with Gasteiger partial charge in [-0.25, -0.2) is 8.78 Å². The third-order valence-electron chi connectivity index (χ3n) is 5.84. The van der Waals surface area contributed by atoms with E-state index in [0.29, 0.717) is 17.4 Å². The molecule has 0 aliphatic rings. The Kier molecular flexibility index (Phi) is 6.36. The summed E-state index contributed by atoms with van der Waals surface area (Å²) in [4.78, 5) is 9.41. The number of nitrogen functional groups attached to an aromatic ring is 1. The second-order valence-corrected chi connectivity index (χ2v) is 8.99. The third kappa shape index (κ3) is 3.92. The van der Waals surface area contributed by atoms with Crippen LogP contribution in [0.25, 0.3) is 32.1 Å². The van der Waals surface area contributed by atoms with Crippen LogP contribution in [-0.2, 0) is 6.18 Å². The number of nitrogens with two attached hydrogens (primary N) is 1. The number of fused-ring (bicyclic) bond motifs is 2. The zero-order valence-corrected chi connectivity index (χ0v) is 19.9. The van der Waals surface area contributed by atoms with Crippen molar-refractivity contribution in [2.75, 3.05) is 31.4 Å². The fourth-order valence-electron chi connectivity index (χ4n) is 3.88. The lowest BCUT2D eigenvalue weighted by molar-refractivity contribution is -0.137. The lowest BCUT2D eigenvalue weighted by atomic mass is 9.92. The van der Waals surface area contributed by atoms with Crippen LogP contribution in [-0.4, -0.2) is 41.9 Å². The van der Waals surface area contributed by atoms with E-state index >= 15 is 4.39 Å². The van der Waals surface area contributed by atoms with Gasteiger partial charge >= 0.3 is 12.2 Å². The highest BCUT2D eigenvalue weighted by atomic mass is 32.1. The van der Waals surface area contributed by atoms with Crippen LogP contribution in [0.3, 0.4) is 0 Å². The van der Waals surface area contributed by atoms with Crippen LogP contribution < -0.4 is 15.4 Å². The second kappa shape index (κ2) is 9.03. The van der Waals surface area contributed by atoms with Crippen molar-refractivity contribution in [3.8, 4) is 23.2 Å². The molecule has 0 spiro atoms. The Hall–Kier alpha value is -3.76. The predicted molar refractivity (Wildman–Crippen MR) is 126 cm³/mol. The number of alkyl halides is 3. The fraction of sp³-hybridized carbons (Fsp3) is 0.261. The SMILES string of the molecule is COc1nc(N(C)C(C)CO)c2cc(C(F)(F)F)c(-c3ccc(F)c4sc(N)c(C#N)c34)c(F)c2n1. The van der Waals surface area contributed by atoms with Crippen molar-refractivity contribution in [3.63, 3.8) is 0 Å². The number of thiophene rings is 1. The Bertz CT molecular complexity index is 1550. The summed E-state index contributed by atoms with van der Waals surface area (Å²) in [6.07, 6.45) is -5.06. The van der Waals surface area contributed by atoms with E-state index in [1.54, 1.807) is 13.0 Å². The molecule has 2 aromatic carbocycles. The van der Waals surface area contributed by atoms with Gasteiger partial charge in [0.25, 0.3) is 0 Å². The summed E-state index contributed by atoms with van der Waals surface area (Å²) in [6.45, 7) is 1.23. The number of aromatic nitrogens is 2. The number of rotatable bonds is 5. The molecule has 13 heteroatoms.